The molecule has 124 valence electrons. The predicted octanol–water partition coefficient (Wildman–Crippen LogP) is 1.87. The summed E-state index contributed by atoms with van der Waals surface area (Å²) in [5, 5.41) is 8.44. The zero-order valence-corrected chi connectivity index (χ0v) is 13.1. The second kappa shape index (κ2) is 7.11. The van der Waals surface area contributed by atoms with Crippen LogP contribution in [0.25, 0.3) is 0 Å². The molecule has 2 rings (SSSR count). The Morgan fingerprint density at radius 2 is 1.68 bits per heavy atom. The zero-order chi connectivity index (χ0) is 16.3. The topological polar surface area (TPSA) is 89.9 Å². The van der Waals surface area contributed by atoms with Gasteiger partial charge >= 0.3 is 17.9 Å². The molecule has 0 aromatic carbocycles. The summed E-state index contributed by atoms with van der Waals surface area (Å²) in [4.78, 5) is 33.6. The van der Waals surface area contributed by atoms with Gasteiger partial charge in [-0.2, -0.15) is 0 Å². The first-order valence-corrected chi connectivity index (χ1v) is 7.94. The standard InChI is InChI=1S/C16H24O6/c1-9-10(2)12-7-11(9)8-13(12)16(20)22-6-5-21-15(19)4-3-14(17)18/h9-13H,3-8H2,1-2H3,(H,17,18). The normalized spacial score (nSPS) is 32.7. The largest absolute Gasteiger partial charge is 0.481 e. The smallest absolute Gasteiger partial charge is 0.309 e. The number of carbonyl (C=O) groups excluding carboxylic acids is 2. The van der Waals surface area contributed by atoms with Crippen molar-refractivity contribution in [1.29, 1.82) is 0 Å². The Hall–Kier alpha value is -1.59. The number of carboxylic acids is 1. The number of aliphatic carboxylic acids is 1. The quantitative estimate of drug-likeness (QED) is 0.570. The third-order valence-corrected chi connectivity index (χ3v) is 5.33. The van der Waals surface area contributed by atoms with Crippen molar-refractivity contribution in [2.75, 3.05) is 13.2 Å². The maximum absolute atomic E-state index is 12.1. The Kier molecular flexibility index (Phi) is 5.42. The van der Waals surface area contributed by atoms with Crippen LogP contribution in [-0.4, -0.2) is 36.2 Å². The van der Waals surface area contributed by atoms with Gasteiger partial charge in [-0.25, -0.2) is 0 Å². The van der Waals surface area contributed by atoms with Gasteiger partial charge in [0.25, 0.3) is 0 Å². The molecule has 0 heterocycles. The van der Waals surface area contributed by atoms with Gasteiger partial charge in [-0.3, -0.25) is 14.4 Å². The van der Waals surface area contributed by atoms with Gasteiger partial charge in [-0.15, -0.1) is 0 Å². The second-order valence-electron chi connectivity index (χ2n) is 6.50. The van der Waals surface area contributed by atoms with E-state index in [2.05, 4.69) is 13.8 Å². The molecule has 2 aliphatic rings. The fraction of sp³-hybridized carbons (Fsp3) is 0.812. The molecule has 0 saturated heterocycles. The first-order valence-electron chi connectivity index (χ1n) is 7.94. The minimum absolute atomic E-state index is 0.0149. The number of esters is 2. The van der Waals surface area contributed by atoms with Gasteiger partial charge in [0, 0.05) is 0 Å². The Morgan fingerprint density at radius 3 is 2.27 bits per heavy atom. The van der Waals surface area contributed by atoms with Gasteiger partial charge in [-0.1, -0.05) is 13.8 Å². The summed E-state index contributed by atoms with van der Waals surface area (Å²) in [5.74, 6) is 0.474. The van der Waals surface area contributed by atoms with Crippen molar-refractivity contribution in [1.82, 2.24) is 0 Å². The number of hydrogen-bond acceptors (Lipinski definition) is 5. The fourth-order valence-electron chi connectivity index (χ4n) is 3.90. The number of hydrogen-bond donors (Lipinski definition) is 1. The number of carbonyl (C=O) groups is 3. The summed E-state index contributed by atoms with van der Waals surface area (Å²) in [6, 6.07) is 0. The van der Waals surface area contributed by atoms with Crippen LogP contribution in [0, 0.1) is 29.6 Å². The molecule has 22 heavy (non-hydrogen) atoms. The van der Waals surface area contributed by atoms with E-state index < -0.39 is 11.9 Å². The first kappa shape index (κ1) is 16.8. The summed E-state index contributed by atoms with van der Waals surface area (Å²) in [5.41, 5.74) is 0. The van der Waals surface area contributed by atoms with Crippen LogP contribution in [0.5, 0.6) is 0 Å². The summed E-state index contributed by atoms with van der Waals surface area (Å²) >= 11 is 0. The van der Waals surface area contributed by atoms with E-state index in [1.165, 1.54) is 0 Å². The summed E-state index contributed by atoms with van der Waals surface area (Å²) < 4.78 is 10.0. The van der Waals surface area contributed by atoms with Crippen molar-refractivity contribution in [3.05, 3.63) is 0 Å². The van der Waals surface area contributed by atoms with E-state index in [1.807, 2.05) is 0 Å². The highest BCUT2D eigenvalue weighted by molar-refractivity contribution is 5.76. The summed E-state index contributed by atoms with van der Waals surface area (Å²) in [6.45, 7) is 4.49. The van der Waals surface area contributed by atoms with Gasteiger partial charge in [0.15, 0.2) is 0 Å². The molecule has 0 radical (unpaired) electrons. The Bertz CT molecular complexity index is 444. The van der Waals surface area contributed by atoms with Crippen LogP contribution in [0.1, 0.15) is 39.5 Å². The van der Waals surface area contributed by atoms with Crippen molar-refractivity contribution >= 4 is 17.9 Å². The highest BCUT2D eigenvalue weighted by Gasteiger charge is 2.51. The molecule has 0 aliphatic heterocycles. The average Bonchev–Trinajstić information content (AvgIpc) is 3.02. The van der Waals surface area contributed by atoms with Gasteiger partial charge in [0.1, 0.15) is 13.2 Å². The number of ether oxygens (including phenoxy) is 2. The van der Waals surface area contributed by atoms with Crippen LogP contribution < -0.4 is 0 Å². The van der Waals surface area contributed by atoms with Gasteiger partial charge < -0.3 is 14.6 Å². The summed E-state index contributed by atoms with van der Waals surface area (Å²) in [6.07, 6.45) is 1.62. The van der Waals surface area contributed by atoms with Crippen LogP contribution >= 0.6 is 0 Å². The highest BCUT2D eigenvalue weighted by atomic mass is 16.6. The number of carboxylic acid groups (broad SMARTS) is 1. The highest BCUT2D eigenvalue weighted by Crippen LogP contribution is 2.55. The van der Waals surface area contributed by atoms with Crippen LogP contribution in [0.3, 0.4) is 0 Å². The lowest BCUT2D eigenvalue weighted by Gasteiger charge is -2.30. The van der Waals surface area contributed by atoms with Crippen LogP contribution in [0.2, 0.25) is 0 Å². The molecule has 5 unspecified atom stereocenters. The third kappa shape index (κ3) is 3.78. The molecule has 6 nitrogen and oxygen atoms in total. The molecule has 2 bridgehead atoms. The SMILES string of the molecule is CC1C2CC(C(=O)OCCOC(=O)CCC(=O)O)C(C2)C1C. The van der Waals surface area contributed by atoms with Gasteiger partial charge in [-0.05, 0) is 36.5 Å². The second-order valence-corrected chi connectivity index (χ2v) is 6.50. The van der Waals surface area contributed by atoms with E-state index >= 15 is 0 Å². The van der Waals surface area contributed by atoms with Crippen molar-refractivity contribution in [3.63, 3.8) is 0 Å². The number of rotatable bonds is 7. The molecule has 2 fully saturated rings. The fourth-order valence-corrected chi connectivity index (χ4v) is 3.90. The monoisotopic (exact) mass is 312 g/mol. The van der Waals surface area contributed by atoms with Crippen LogP contribution in [0.15, 0.2) is 0 Å². The predicted molar refractivity (Wildman–Crippen MR) is 76.8 cm³/mol. The molecule has 6 heteroatoms. The van der Waals surface area contributed by atoms with Crippen LogP contribution in [0.4, 0.5) is 0 Å². The minimum atomic E-state index is -1.04. The molecule has 0 amide bonds. The van der Waals surface area contributed by atoms with Crippen molar-refractivity contribution in [2.24, 2.45) is 29.6 Å². The maximum Gasteiger partial charge on any atom is 0.309 e. The lowest BCUT2D eigenvalue weighted by Crippen LogP contribution is -2.31. The molecule has 2 aliphatic carbocycles. The third-order valence-electron chi connectivity index (χ3n) is 5.33. The van der Waals surface area contributed by atoms with Gasteiger partial charge in [0.05, 0.1) is 18.8 Å². The minimum Gasteiger partial charge on any atom is -0.481 e. The molecule has 2 saturated carbocycles. The van der Waals surface area contributed by atoms with E-state index in [-0.39, 0.29) is 37.9 Å². The Balaban J connectivity index is 1.63. The lowest BCUT2D eigenvalue weighted by atomic mass is 9.76. The van der Waals surface area contributed by atoms with E-state index in [9.17, 15) is 14.4 Å². The molecular weight excluding hydrogens is 288 g/mol. The lowest BCUT2D eigenvalue weighted by molar-refractivity contribution is -0.157. The molecule has 1 N–H and O–H groups in total. The van der Waals surface area contributed by atoms with Crippen molar-refractivity contribution < 1.29 is 29.0 Å². The molecule has 5 atom stereocenters. The first-order chi connectivity index (χ1) is 10.4. The van der Waals surface area contributed by atoms with Crippen molar-refractivity contribution in [3.8, 4) is 0 Å². The summed E-state index contributed by atoms with van der Waals surface area (Å²) in [7, 11) is 0. The zero-order valence-electron chi connectivity index (χ0n) is 13.1. The van der Waals surface area contributed by atoms with E-state index in [1.54, 1.807) is 0 Å². The van der Waals surface area contributed by atoms with Gasteiger partial charge in [0.2, 0.25) is 0 Å². The van der Waals surface area contributed by atoms with Crippen molar-refractivity contribution in [2.45, 2.75) is 39.5 Å². The van der Waals surface area contributed by atoms with E-state index in [0.29, 0.717) is 23.7 Å². The molecule has 0 aromatic heterocycles. The maximum atomic E-state index is 12.1. The molecular formula is C16H24O6. The average molecular weight is 312 g/mol. The molecule has 0 spiro atoms. The van der Waals surface area contributed by atoms with E-state index in [0.717, 1.165) is 12.8 Å². The van der Waals surface area contributed by atoms with E-state index in [4.69, 9.17) is 14.6 Å². The molecule has 0 aromatic rings. The number of fused-ring (bicyclic) bond motifs is 2. The Labute approximate surface area is 130 Å². The Morgan fingerprint density at radius 1 is 1.00 bits per heavy atom. The van der Waals surface area contributed by atoms with Crippen LogP contribution in [-0.2, 0) is 23.9 Å².